The fraction of sp³-hybridized carbons (Fsp3) is 0. The van der Waals surface area contributed by atoms with Gasteiger partial charge in [-0.3, -0.25) is 4.57 Å². The molecule has 1 aromatic carbocycles. The third-order valence-corrected chi connectivity index (χ3v) is 3.59. The second-order valence-electron chi connectivity index (χ2n) is 4.18. The SMILES string of the molecule is Nc1ncc(Br)cc1-c1nncn1-c1cccc(Cl)c1F. The van der Waals surface area contributed by atoms with Crippen LogP contribution in [0.5, 0.6) is 0 Å². The van der Waals surface area contributed by atoms with Crippen molar-refractivity contribution in [2.45, 2.75) is 0 Å². The van der Waals surface area contributed by atoms with Crippen molar-refractivity contribution in [1.29, 1.82) is 0 Å². The Morgan fingerprint density at radius 2 is 2.14 bits per heavy atom. The van der Waals surface area contributed by atoms with E-state index in [0.717, 1.165) is 4.47 Å². The molecule has 0 aliphatic heterocycles. The zero-order valence-electron chi connectivity index (χ0n) is 10.5. The van der Waals surface area contributed by atoms with E-state index in [9.17, 15) is 4.39 Å². The average Bonchev–Trinajstić information content (AvgIpc) is 2.93. The molecule has 8 heteroatoms. The second kappa shape index (κ2) is 5.42. The lowest BCUT2D eigenvalue weighted by atomic mass is 10.2. The van der Waals surface area contributed by atoms with Gasteiger partial charge in [0.05, 0.1) is 16.3 Å². The second-order valence-corrected chi connectivity index (χ2v) is 5.51. The average molecular weight is 369 g/mol. The summed E-state index contributed by atoms with van der Waals surface area (Å²) >= 11 is 9.13. The van der Waals surface area contributed by atoms with Gasteiger partial charge >= 0.3 is 0 Å². The predicted molar refractivity (Wildman–Crippen MR) is 81.7 cm³/mol. The van der Waals surface area contributed by atoms with Gasteiger partial charge in [0.15, 0.2) is 11.6 Å². The molecule has 0 aliphatic carbocycles. The van der Waals surface area contributed by atoms with Crippen molar-refractivity contribution >= 4 is 33.3 Å². The van der Waals surface area contributed by atoms with Crippen LogP contribution in [-0.2, 0) is 0 Å². The van der Waals surface area contributed by atoms with E-state index in [0.29, 0.717) is 11.4 Å². The highest BCUT2D eigenvalue weighted by molar-refractivity contribution is 9.10. The standard InChI is InChI=1S/C13H8BrClFN5/c14-7-4-8(12(17)18-5-7)13-20-19-6-21(13)10-3-1-2-9(15)11(10)16/h1-6H,(H2,17,18). The van der Waals surface area contributed by atoms with Gasteiger partial charge in [0.1, 0.15) is 12.1 Å². The summed E-state index contributed by atoms with van der Waals surface area (Å²) in [5.74, 6) is 0.0964. The first kappa shape index (κ1) is 14.0. The minimum Gasteiger partial charge on any atom is -0.383 e. The molecule has 2 aromatic heterocycles. The molecule has 0 aliphatic rings. The number of nitrogen functional groups attached to an aromatic ring is 1. The van der Waals surface area contributed by atoms with Gasteiger partial charge in [-0.25, -0.2) is 9.37 Å². The first-order valence-electron chi connectivity index (χ1n) is 5.83. The lowest BCUT2D eigenvalue weighted by Gasteiger charge is -2.10. The molecule has 0 saturated heterocycles. The van der Waals surface area contributed by atoms with Crippen molar-refractivity contribution in [1.82, 2.24) is 19.7 Å². The number of halogens is 3. The van der Waals surface area contributed by atoms with Gasteiger partial charge in [-0.05, 0) is 34.1 Å². The van der Waals surface area contributed by atoms with Crippen molar-refractivity contribution in [3.63, 3.8) is 0 Å². The monoisotopic (exact) mass is 367 g/mol. The molecule has 2 N–H and O–H groups in total. The fourth-order valence-corrected chi connectivity index (χ4v) is 2.40. The minimum atomic E-state index is -0.554. The van der Waals surface area contributed by atoms with E-state index in [1.54, 1.807) is 24.4 Å². The molecule has 0 bridgehead atoms. The highest BCUT2D eigenvalue weighted by atomic mass is 79.9. The predicted octanol–water partition coefficient (Wildman–Crippen LogP) is 3.47. The quantitative estimate of drug-likeness (QED) is 0.752. The fourth-order valence-electron chi connectivity index (χ4n) is 1.90. The van der Waals surface area contributed by atoms with Crippen LogP contribution in [-0.4, -0.2) is 19.7 Å². The Labute approximate surface area is 132 Å². The number of aromatic nitrogens is 4. The van der Waals surface area contributed by atoms with Crippen molar-refractivity contribution < 1.29 is 4.39 Å². The Morgan fingerprint density at radius 3 is 2.95 bits per heavy atom. The van der Waals surface area contributed by atoms with Gasteiger partial charge in [0.2, 0.25) is 0 Å². The highest BCUT2D eigenvalue weighted by Gasteiger charge is 2.16. The van der Waals surface area contributed by atoms with Crippen LogP contribution in [0.3, 0.4) is 0 Å². The summed E-state index contributed by atoms with van der Waals surface area (Å²) in [5.41, 5.74) is 6.64. The van der Waals surface area contributed by atoms with Gasteiger partial charge in [-0.2, -0.15) is 0 Å². The molecule has 21 heavy (non-hydrogen) atoms. The third-order valence-electron chi connectivity index (χ3n) is 2.86. The summed E-state index contributed by atoms with van der Waals surface area (Å²) in [7, 11) is 0. The zero-order valence-corrected chi connectivity index (χ0v) is 12.8. The van der Waals surface area contributed by atoms with E-state index < -0.39 is 5.82 Å². The molecule has 0 atom stereocenters. The lowest BCUT2D eigenvalue weighted by Crippen LogP contribution is -2.02. The lowest BCUT2D eigenvalue weighted by molar-refractivity contribution is 0.619. The maximum absolute atomic E-state index is 14.2. The van der Waals surface area contributed by atoms with Crippen LogP contribution in [0.4, 0.5) is 10.2 Å². The Morgan fingerprint density at radius 1 is 1.33 bits per heavy atom. The maximum Gasteiger partial charge on any atom is 0.172 e. The Kier molecular flexibility index (Phi) is 3.60. The Hall–Kier alpha value is -1.99. The molecule has 5 nitrogen and oxygen atoms in total. The summed E-state index contributed by atoms with van der Waals surface area (Å²) in [4.78, 5) is 4.04. The van der Waals surface area contributed by atoms with E-state index >= 15 is 0 Å². The summed E-state index contributed by atoms with van der Waals surface area (Å²) in [5, 5.41) is 7.84. The van der Waals surface area contributed by atoms with Crippen LogP contribution in [0, 0.1) is 5.82 Å². The van der Waals surface area contributed by atoms with Crippen molar-refractivity contribution in [3.05, 3.63) is 52.1 Å². The van der Waals surface area contributed by atoms with Crippen molar-refractivity contribution in [3.8, 4) is 17.1 Å². The van der Waals surface area contributed by atoms with Crippen LogP contribution in [0.2, 0.25) is 5.02 Å². The topological polar surface area (TPSA) is 69.6 Å². The number of nitrogens with zero attached hydrogens (tertiary/aromatic N) is 4. The first-order chi connectivity index (χ1) is 10.1. The molecule has 0 unspecified atom stereocenters. The number of anilines is 1. The van der Waals surface area contributed by atoms with Crippen molar-refractivity contribution in [2.75, 3.05) is 5.73 Å². The van der Waals surface area contributed by atoms with E-state index in [1.165, 1.54) is 17.0 Å². The molecule has 0 spiro atoms. The third kappa shape index (κ3) is 2.50. The molecule has 0 radical (unpaired) electrons. The summed E-state index contributed by atoms with van der Waals surface area (Å²) in [6.07, 6.45) is 2.96. The molecule has 2 heterocycles. The minimum absolute atomic E-state index is 0.0208. The van der Waals surface area contributed by atoms with Gasteiger partial charge < -0.3 is 5.73 Å². The molecule has 0 amide bonds. The first-order valence-corrected chi connectivity index (χ1v) is 7.01. The normalized spacial score (nSPS) is 10.8. The molecular weight excluding hydrogens is 361 g/mol. The number of benzene rings is 1. The molecule has 3 rings (SSSR count). The van der Waals surface area contributed by atoms with Crippen molar-refractivity contribution in [2.24, 2.45) is 0 Å². The highest BCUT2D eigenvalue weighted by Crippen LogP contribution is 2.29. The van der Waals surface area contributed by atoms with E-state index in [-0.39, 0.29) is 16.5 Å². The maximum atomic E-state index is 14.2. The number of nitrogens with two attached hydrogens (primary N) is 1. The molecule has 106 valence electrons. The van der Waals surface area contributed by atoms with Crippen LogP contribution in [0.15, 0.2) is 41.3 Å². The summed E-state index contributed by atoms with van der Waals surface area (Å²) < 4.78 is 16.4. The number of pyridine rings is 1. The van der Waals surface area contributed by atoms with Crippen LogP contribution in [0.1, 0.15) is 0 Å². The Balaban J connectivity index is 2.22. The summed E-state index contributed by atoms with van der Waals surface area (Å²) in [6.45, 7) is 0. The number of rotatable bonds is 2. The molecule has 0 fully saturated rings. The van der Waals surface area contributed by atoms with Gasteiger partial charge in [-0.15, -0.1) is 10.2 Å². The van der Waals surface area contributed by atoms with Gasteiger partial charge in [0, 0.05) is 10.7 Å². The van der Waals surface area contributed by atoms with E-state index in [4.69, 9.17) is 17.3 Å². The largest absolute Gasteiger partial charge is 0.383 e. The van der Waals surface area contributed by atoms with Gasteiger partial charge in [-0.1, -0.05) is 17.7 Å². The molecular formula is C13H8BrClFN5. The smallest absolute Gasteiger partial charge is 0.172 e. The summed E-state index contributed by atoms with van der Waals surface area (Å²) in [6, 6.07) is 6.44. The van der Waals surface area contributed by atoms with E-state index in [2.05, 4.69) is 31.1 Å². The zero-order chi connectivity index (χ0) is 15.0. The van der Waals surface area contributed by atoms with Crippen LogP contribution in [0.25, 0.3) is 17.1 Å². The van der Waals surface area contributed by atoms with Crippen LogP contribution >= 0.6 is 27.5 Å². The number of hydrogen-bond donors (Lipinski definition) is 1. The number of hydrogen-bond acceptors (Lipinski definition) is 4. The molecule has 0 saturated carbocycles. The molecule has 3 aromatic rings. The van der Waals surface area contributed by atoms with Crippen LogP contribution < -0.4 is 5.73 Å². The Bertz CT molecular complexity index is 804. The van der Waals surface area contributed by atoms with E-state index in [1.807, 2.05) is 0 Å². The van der Waals surface area contributed by atoms with Gasteiger partial charge in [0.25, 0.3) is 0 Å².